The van der Waals surface area contributed by atoms with Crippen molar-refractivity contribution in [1.82, 2.24) is 14.9 Å². The van der Waals surface area contributed by atoms with Crippen molar-refractivity contribution >= 4 is 28.6 Å². The van der Waals surface area contributed by atoms with Crippen LogP contribution in [0.3, 0.4) is 0 Å². The average Bonchev–Trinajstić information content (AvgIpc) is 2.65. The molecule has 7 heteroatoms. The minimum Gasteiger partial charge on any atom is -0.337 e. The monoisotopic (exact) mass is 386 g/mol. The first-order valence-corrected chi connectivity index (χ1v) is 10.1. The lowest BCUT2D eigenvalue weighted by atomic mass is 9.90. The lowest BCUT2D eigenvalue weighted by molar-refractivity contribution is -0.120. The van der Waals surface area contributed by atoms with E-state index in [1.165, 1.54) is 11.8 Å². The molecule has 2 atom stereocenters. The second-order valence-electron chi connectivity index (χ2n) is 7.15. The van der Waals surface area contributed by atoms with Crippen LogP contribution in [0.25, 0.3) is 10.9 Å². The third kappa shape index (κ3) is 4.51. The van der Waals surface area contributed by atoms with Gasteiger partial charge in [0.2, 0.25) is 5.91 Å². The number of benzene rings is 1. The highest BCUT2D eigenvalue weighted by atomic mass is 32.2. The molecule has 0 spiro atoms. The van der Waals surface area contributed by atoms with Crippen LogP contribution in [-0.4, -0.2) is 26.8 Å². The fraction of sp³-hybridized carbons (Fsp3) is 0.500. The van der Waals surface area contributed by atoms with Crippen LogP contribution in [0.2, 0.25) is 0 Å². The fourth-order valence-electron chi connectivity index (χ4n) is 2.56. The summed E-state index contributed by atoms with van der Waals surface area (Å²) < 4.78 is 1.66. The van der Waals surface area contributed by atoms with Gasteiger partial charge in [0, 0.05) is 6.04 Å². The Bertz CT molecular complexity index is 932. The number of hydrogen-bond acceptors (Lipinski definition) is 5. The van der Waals surface area contributed by atoms with Crippen LogP contribution in [0.15, 0.2) is 34.2 Å². The number of hydrogen-bond donors (Lipinski definition) is 1. The zero-order valence-electron chi connectivity index (χ0n) is 16.4. The molecule has 0 saturated carbocycles. The highest BCUT2D eigenvalue weighted by molar-refractivity contribution is 7.99. The second-order valence-corrected chi connectivity index (χ2v) is 8.09. The molecule has 2 rings (SSSR count). The Balaban J connectivity index is 2.32. The maximum Gasteiger partial charge on any atom is 0.262 e. The molecular formula is C20H26N4O2S. The number of nitrogens with zero attached hydrogens (tertiary/aromatic N) is 3. The predicted octanol–water partition coefficient (Wildman–Crippen LogP) is 3.51. The molecule has 6 nitrogen and oxygen atoms in total. The molecule has 27 heavy (non-hydrogen) atoms. The van der Waals surface area contributed by atoms with E-state index in [0.717, 1.165) is 6.42 Å². The summed E-state index contributed by atoms with van der Waals surface area (Å²) in [6, 6.07) is 9.37. The quantitative estimate of drug-likeness (QED) is 0.581. The van der Waals surface area contributed by atoms with E-state index in [9.17, 15) is 14.9 Å². The normalized spacial score (nSPS) is 14.6. The van der Waals surface area contributed by atoms with Gasteiger partial charge in [-0.25, -0.2) is 4.98 Å². The topological polar surface area (TPSA) is 87.8 Å². The largest absolute Gasteiger partial charge is 0.337 e. The minimum atomic E-state index is -0.926. The predicted molar refractivity (Wildman–Crippen MR) is 109 cm³/mol. The third-order valence-electron chi connectivity index (χ3n) is 4.93. The van der Waals surface area contributed by atoms with Gasteiger partial charge < -0.3 is 5.32 Å². The van der Waals surface area contributed by atoms with Crippen LogP contribution in [0.1, 0.15) is 47.1 Å². The van der Waals surface area contributed by atoms with Gasteiger partial charge in [-0.3, -0.25) is 14.2 Å². The summed E-state index contributed by atoms with van der Waals surface area (Å²) in [6.45, 7) is 9.47. The first kappa shape index (κ1) is 21.0. The van der Waals surface area contributed by atoms with E-state index in [2.05, 4.69) is 16.4 Å². The second kappa shape index (κ2) is 8.57. The molecule has 0 radical (unpaired) electrons. The SMILES string of the molecule is CC[C@H](C)n1c(SCC(=O)N[C@](C)(C#N)C(C)C)nc2ccccc2c1=O. The number of thioether (sulfide) groups is 1. The maximum absolute atomic E-state index is 12.9. The Labute approximate surface area is 164 Å². The van der Waals surface area contributed by atoms with E-state index in [-0.39, 0.29) is 29.2 Å². The van der Waals surface area contributed by atoms with E-state index in [0.29, 0.717) is 16.1 Å². The molecule has 0 saturated heterocycles. The highest BCUT2D eigenvalue weighted by Gasteiger charge is 2.30. The van der Waals surface area contributed by atoms with Crippen LogP contribution >= 0.6 is 11.8 Å². The number of fused-ring (bicyclic) bond motifs is 1. The molecule has 1 amide bonds. The fourth-order valence-corrected chi connectivity index (χ4v) is 3.45. The minimum absolute atomic E-state index is 0.0199. The van der Waals surface area contributed by atoms with Crippen LogP contribution in [0.4, 0.5) is 0 Å². The Hall–Kier alpha value is -2.33. The number of para-hydroxylation sites is 1. The summed E-state index contributed by atoms with van der Waals surface area (Å²) in [5.41, 5.74) is -0.402. The molecule has 0 aliphatic carbocycles. The van der Waals surface area contributed by atoms with Crippen molar-refractivity contribution in [3.63, 3.8) is 0 Å². The zero-order valence-corrected chi connectivity index (χ0v) is 17.3. The molecular weight excluding hydrogens is 360 g/mol. The standard InChI is InChI=1S/C20H26N4O2S/c1-6-14(4)24-18(26)15-9-7-8-10-16(15)22-19(24)27-11-17(25)23-20(5,12-21)13(2)3/h7-10,13-14H,6,11H2,1-5H3,(H,23,25)/t14-,20+/m0/s1. The Morgan fingerprint density at radius 1 is 1.37 bits per heavy atom. The Morgan fingerprint density at radius 2 is 2.04 bits per heavy atom. The molecule has 1 aromatic carbocycles. The molecule has 0 unspecified atom stereocenters. The van der Waals surface area contributed by atoms with Gasteiger partial charge in [0.1, 0.15) is 5.54 Å². The highest BCUT2D eigenvalue weighted by Crippen LogP contribution is 2.23. The van der Waals surface area contributed by atoms with E-state index in [1.54, 1.807) is 23.6 Å². The number of aromatic nitrogens is 2. The number of nitriles is 1. The maximum atomic E-state index is 12.9. The molecule has 144 valence electrons. The third-order valence-corrected chi connectivity index (χ3v) is 5.88. The lowest BCUT2D eigenvalue weighted by Gasteiger charge is -2.27. The summed E-state index contributed by atoms with van der Waals surface area (Å²) in [4.78, 5) is 29.9. The molecule has 0 fully saturated rings. The van der Waals surface area contributed by atoms with Crippen LogP contribution in [0.5, 0.6) is 0 Å². The van der Waals surface area contributed by atoms with Gasteiger partial charge in [0.15, 0.2) is 5.16 Å². The van der Waals surface area contributed by atoms with Gasteiger partial charge >= 0.3 is 0 Å². The van der Waals surface area contributed by atoms with E-state index < -0.39 is 5.54 Å². The molecule has 1 aromatic heterocycles. The molecule has 2 aromatic rings. The molecule has 0 bridgehead atoms. The number of amides is 1. The lowest BCUT2D eigenvalue weighted by Crippen LogP contribution is -2.49. The van der Waals surface area contributed by atoms with Crippen molar-refractivity contribution in [3.8, 4) is 6.07 Å². The molecule has 0 aliphatic heterocycles. The number of carbonyl (C=O) groups is 1. The smallest absolute Gasteiger partial charge is 0.262 e. The average molecular weight is 387 g/mol. The number of rotatable bonds is 7. The van der Waals surface area contributed by atoms with Crippen molar-refractivity contribution in [2.75, 3.05) is 5.75 Å². The van der Waals surface area contributed by atoms with Crippen molar-refractivity contribution in [2.45, 2.75) is 57.8 Å². The number of carbonyl (C=O) groups excluding carboxylic acids is 1. The summed E-state index contributed by atoms with van der Waals surface area (Å²) >= 11 is 1.22. The van der Waals surface area contributed by atoms with Crippen LogP contribution in [-0.2, 0) is 4.79 Å². The van der Waals surface area contributed by atoms with Crippen molar-refractivity contribution in [1.29, 1.82) is 5.26 Å². The van der Waals surface area contributed by atoms with E-state index in [4.69, 9.17) is 0 Å². The van der Waals surface area contributed by atoms with Gasteiger partial charge in [-0.2, -0.15) is 5.26 Å². The van der Waals surface area contributed by atoms with Crippen molar-refractivity contribution < 1.29 is 4.79 Å². The van der Waals surface area contributed by atoms with Crippen LogP contribution < -0.4 is 10.9 Å². The summed E-state index contributed by atoms with van der Waals surface area (Å²) in [5.74, 6) is -0.185. The molecule has 0 aliphatic rings. The van der Waals surface area contributed by atoms with E-state index in [1.807, 2.05) is 39.8 Å². The molecule has 1 heterocycles. The summed E-state index contributed by atoms with van der Waals surface area (Å²) in [6.07, 6.45) is 0.777. The summed E-state index contributed by atoms with van der Waals surface area (Å²) in [5, 5.41) is 13.2. The number of nitrogens with one attached hydrogen (secondary N) is 1. The first-order chi connectivity index (χ1) is 12.7. The first-order valence-electron chi connectivity index (χ1n) is 9.09. The Morgan fingerprint density at radius 3 is 2.63 bits per heavy atom. The van der Waals surface area contributed by atoms with Gasteiger partial charge in [-0.1, -0.05) is 44.7 Å². The van der Waals surface area contributed by atoms with Gasteiger partial charge in [-0.05, 0) is 38.3 Å². The van der Waals surface area contributed by atoms with Gasteiger partial charge in [0.25, 0.3) is 5.56 Å². The Kier molecular flexibility index (Phi) is 6.66. The zero-order chi connectivity index (χ0) is 20.2. The van der Waals surface area contributed by atoms with Crippen molar-refractivity contribution in [2.24, 2.45) is 5.92 Å². The van der Waals surface area contributed by atoms with Crippen molar-refractivity contribution in [3.05, 3.63) is 34.6 Å². The van der Waals surface area contributed by atoms with E-state index >= 15 is 0 Å². The van der Waals surface area contributed by atoms with Crippen LogP contribution in [0, 0.1) is 17.2 Å². The summed E-state index contributed by atoms with van der Waals surface area (Å²) in [7, 11) is 0. The molecule has 1 N–H and O–H groups in total. The van der Waals surface area contributed by atoms with Gasteiger partial charge in [-0.15, -0.1) is 0 Å². The van der Waals surface area contributed by atoms with Gasteiger partial charge in [0.05, 0.1) is 22.7 Å².